The Morgan fingerprint density at radius 2 is 2.08 bits per heavy atom. The lowest BCUT2D eigenvalue weighted by Gasteiger charge is -2.04. The molecule has 0 aliphatic carbocycles. The summed E-state index contributed by atoms with van der Waals surface area (Å²) in [7, 11) is 0. The van der Waals surface area contributed by atoms with E-state index in [9.17, 15) is 4.79 Å². The Balaban J connectivity index is 1.33. The summed E-state index contributed by atoms with van der Waals surface area (Å²) in [5, 5.41) is 10.8. The smallest absolute Gasteiger partial charge is 0.251 e. The number of ether oxygens (including phenoxy) is 2. The molecule has 0 unspecified atom stereocenters. The van der Waals surface area contributed by atoms with E-state index < -0.39 is 0 Å². The van der Waals surface area contributed by atoms with Gasteiger partial charge < -0.3 is 19.2 Å². The van der Waals surface area contributed by atoms with Gasteiger partial charge in [-0.05, 0) is 30.3 Å². The highest BCUT2D eigenvalue weighted by Gasteiger charge is 2.16. The molecule has 1 aliphatic heterocycles. The van der Waals surface area contributed by atoms with Crippen molar-refractivity contribution < 1.29 is 18.7 Å². The monoisotopic (exact) mass is 338 g/mol. The Kier molecular flexibility index (Phi) is 3.99. The lowest BCUT2D eigenvalue weighted by atomic mass is 10.2. The van der Waals surface area contributed by atoms with Crippen molar-refractivity contribution in [1.82, 2.24) is 20.5 Å². The van der Waals surface area contributed by atoms with Gasteiger partial charge >= 0.3 is 0 Å². The van der Waals surface area contributed by atoms with Crippen molar-refractivity contribution in [3.8, 4) is 23.0 Å². The van der Waals surface area contributed by atoms with Crippen LogP contribution < -0.4 is 14.8 Å². The van der Waals surface area contributed by atoms with Gasteiger partial charge in [0.25, 0.3) is 5.91 Å². The second-order valence-corrected chi connectivity index (χ2v) is 5.32. The summed E-state index contributed by atoms with van der Waals surface area (Å²) in [6.07, 6.45) is 3.76. The zero-order chi connectivity index (χ0) is 17.1. The van der Waals surface area contributed by atoms with Gasteiger partial charge in [-0.1, -0.05) is 0 Å². The van der Waals surface area contributed by atoms with E-state index >= 15 is 0 Å². The van der Waals surface area contributed by atoms with Crippen LogP contribution in [-0.2, 0) is 6.42 Å². The summed E-state index contributed by atoms with van der Waals surface area (Å²) in [5.41, 5.74) is 1.26. The molecule has 2 aromatic heterocycles. The van der Waals surface area contributed by atoms with E-state index in [0.29, 0.717) is 41.8 Å². The quantitative estimate of drug-likeness (QED) is 0.757. The van der Waals surface area contributed by atoms with Crippen LogP contribution in [0.5, 0.6) is 11.5 Å². The van der Waals surface area contributed by atoms with Gasteiger partial charge in [0.2, 0.25) is 18.6 Å². The molecule has 1 aromatic carbocycles. The van der Waals surface area contributed by atoms with Crippen LogP contribution >= 0.6 is 0 Å². The molecule has 0 fully saturated rings. The van der Waals surface area contributed by atoms with Crippen LogP contribution in [0, 0.1) is 0 Å². The first kappa shape index (κ1) is 15.1. The van der Waals surface area contributed by atoms with Crippen LogP contribution in [-0.4, -0.2) is 34.4 Å². The highest BCUT2D eigenvalue weighted by atomic mass is 16.7. The van der Waals surface area contributed by atoms with Crippen molar-refractivity contribution in [3.05, 3.63) is 54.2 Å². The summed E-state index contributed by atoms with van der Waals surface area (Å²) >= 11 is 0. The van der Waals surface area contributed by atoms with Crippen molar-refractivity contribution in [3.63, 3.8) is 0 Å². The molecule has 0 radical (unpaired) electrons. The molecular formula is C17H14N4O4. The first-order valence-electron chi connectivity index (χ1n) is 7.70. The third-order valence-corrected chi connectivity index (χ3v) is 3.63. The van der Waals surface area contributed by atoms with Gasteiger partial charge in [0.05, 0.1) is 5.56 Å². The molecule has 0 bridgehead atoms. The number of nitrogens with zero attached hydrogens (tertiary/aromatic N) is 3. The van der Waals surface area contributed by atoms with Gasteiger partial charge in [-0.3, -0.25) is 9.78 Å². The van der Waals surface area contributed by atoms with Crippen LogP contribution in [0.4, 0.5) is 0 Å². The number of carbonyl (C=O) groups excluding carboxylic acids is 1. The second-order valence-electron chi connectivity index (χ2n) is 5.32. The molecule has 3 heterocycles. The van der Waals surface area contributed by atoms with E-state index in [1.807, 2.05) is 6.07 Å². The van der Waals surface area contributed by atoms with E-state index in [4.69, 9.17) is 13.9 Å². The Morgan fingerprint density at radius 1 is 1.16 bits per heavy atom. The number of aromatic nitrogens is 3. The third kappa shape index (κ3) is 3.27. The topological polar surface area (TPSA) is 99.4 Å². The van der Waals surface area contributed by atoms with Crippen LogP contribution in [0.1, 0.15) is 16.2 Å². The van der Waals surface area contributed by atoms with E-state index in [0.717, 1.165) is 5.56 Å². The lowest BCUT2D eigenvalue weighted by molar-refractivity contribution is 0.0953. The maximum Gasteiger partial charge on any atom is 0.251 e. The molecule has 1 amide bonds. The SMILES string of the molecule is O=C(NCCc1nnc(-c2cccnc2)o1)c1ccc2c(c1)OCO2. The minimum Gasteiger partial charge on any atom is -0.454 e. The number of rotatable bonds is 5. The minimum absolute atomic E-state index is 0.177. The molecule has 1 aliphatic rings. The van der Waals surface area contributed by atoms with Crippen molar-refractivity contribution in [1.29, 1.82) is 0 Å². The Bertz CT molecular complexity index is 895. The fraction of sp³-hybridized carbons (Fsp3) is 0.176. The average molecular weight is 338 g/mol. The second kappa shape index (κ2) is 6.60. The number of hydrogen-bond donors (Lipinski definition) is 1. The van der Waals surface area contributed by atoms with Crippen molar-refractivity contribution in [2.45, 2.75) is 6.42 Å². The Hall–Kier alpha value is -3.42. The van der Waals surface area contributed by atoms with Crippen LogP contribution in [0.3, 0.4) is 0 Å². The predicted octanol–water partition coefficient (Wildman–Crippen LogP) is 1.83. The van der Waals surface area contributed by atoms with Gasteiger partial charge in [0, 0.05) is 30.9 Å². The molecule has 1 N–H and O–H groups in total. The molecule has 0 saturated heterocycles. The van der Waals surface area contributed by atoms with E-state index in [-0.39, 0.29) is 12.7 Å². The molecule has 4 rings (SSSR count). The standard InChI is InChI=1S/C17H14N4O4/c22-16(11-3-4-13-14(8-11)24-10-23-13)19-7-5-15-20-21-17(25-15)12-2-1-6-18-9-12/h1-4,6,8-9H,5,7,10H2,(H,19,22). The molecule has 126 valence electrons. The van der Waals surface area contributed by atoms with E-state index in [1.165, 1.54) is 0 Å². The van der Waals surface area contributed by atoms with Gasteiger partial charge in [-0.2, -0.15) is 0 Å². The maximum absolute atomic E-state index is 12.2. The number of nitrogens with one attached hydrogen (secondary N) is 1. The van der Waals surface area contributed by atoms with Crippen molar-refractivity contribution in [2.75, 3.05) is 13.3 Å². The molecule has 25 heavy (non-hydrogen) atoms. The maximum atomic E-state index is 12.2. The fourth-order valence-corrected chi connectivity index (χ4v) is 2.38. The highest BCUT2D eigenvalue weighted by molar-refractivity contribution is 5.94. The Labute approximate surface area is 142 Å². The van der Waals surface area contributed by atoms with E-state index in [2.05, 4.69) is 20.5 Å². The molecule has 8 heteroatoms. The molecule has 0 atom stereocenters. The molecule has 0 spiro atoms. The van der Waals surface area contributed by atoms with Crippen molar-refractivity contribution >= 4 is 5.91 Å². The lowest BCUT2D eigenvalue weighted by Crippen LogP contribution is -2.25. The fourth-order valence-electron chi connectivity index (χ4n) is 2.38. The molecule has 3 aromatic rings. The highest BCUT2D eigenvalue weighted by Crippen LogP contribution is 2.32. The van der Waals surface area contributed by atoms with Crippen LogP contribution in [0.15, 0.2) is 47.1 Å². The molecular weight excluding hydrogens is 324 g/mol. The van der Waals surface area contributed by atoms with Gasteiger partial charge in [0.15, 0.2) is 11.5 Å². The van der Waals surface area contributed by atoms with Gasteiger partial charge in [0.1, 0.15) is 0 Å². The number of fused-ring (bicyclic) bond motifs is 1. The normalized spacial score (nSPS) is 12.2. The zero-order valence-electron chi connectivity index (χ0n) is 13.1. The van der Waals surface area contributed by atoms with Gasteiger partial charge in [-0.15, -0.1) is 10.2 Å². The summed E-state index contributed by atoms with van der Waals surface area (Å²) < 4.78 is 16.1. The largest absolute Gasteiger partial charge is 0.454 e. The number of amides is 1. The third-order valence-electron chi connectivity index (χ3n) is 3.63. The summed E-state index contributed by atoms with van der Waals surface area (Å²) in [5.74, 6) is 1.87. The number of pyridine rings is 1. The molecule has 0 saturated carbocycles. The van der Waals surface area contributed by atoms with Crippen molar-refractivity contribution in [2.24, 2.45) is 0 Å². The minimum atomic E-state index is -0.203. The van der Waals surface area contributed by atoms with Crippen LogP contribution in [0.25, 0.3) is 11.5 Å². The number of carbonyl (C=O) groups is 1. The summed E-state index contributed by atoms with van der Waals surface area (Å²) in [4.78, 5) is 16.2. The predicted molar refractivity (Wildman–Crippen MR) is 86.1 cm³/mol. The first-order chi connectivity index (χ1) is 12.3. The number of hydrogen-bond acceptors (Lipinski definition) is 7. The van der Waals surface area contributed by atoms with Crippen LogP contribution in [0.2, 0.25) is 0 Å². The summed E-state index contributed by atoms with van der Waals surface area (Å²) in [6.45, 7) is 0.554. The summed E-state index contributed by atoms with van der Waals surface area (Å²) in [6, 6.07) is 8.70. The van der Waals surface area contributed by atoms with E-state index in [1.54, 1.807) is 36.7 Å². The van der Waals surface area contributed by atoms with Gasteiger partial charge in [-0.25, -0.2) is 0 Å². The Morgan fingerprint density at radius 3 is 2.96 bits per heavy atom. The average Bonchev–Trinajstić information content (AvgIpc) is 3.31. The first-order valence-corrected chi connectivity index (χ1v) is 7.70. The number of benzene rings is 1. The zero-order valence-corrected chi connectivity index (χ0v) is 13.1. The molecule has 8 nitrogen and oxygen atoms in total.